The molecule has 0 N–H and O–H groups in total. The highest BCUT2D eigenvalue weighted by molar-refractivity contribution is 5.54. The fourth-order valence-electron chi connectivity index (χ4n) is 1.47. The summed E-state index contributed by atoms with van der Waals surface area (Å²) < 4.78 is 50.2. The summed E-state index contributed by atoms with van der Waals surface area (Å²) in [7, 11) is 2.60. The number of alkyl halides is 3. The van der Waals surface area contributed by atoms with Crippen molar-refractivity contribution in [1.29, 1.82) is 0 Å². The van der Waals surface area contributed by atoms with Crippen molar-refractivity contribution in [1.82, 2.24) is 0 Å². The van der Waals surface area contributed by atoms with Crippen LogP contribution in [-0.2, 0) is 11.3 Å². The maximum atomic E-state index is 12.0. The maximum absolute atomic E-state index is 12.0. The molecule has 0 radical (unpaired) electrons. The predicted molar refractivity (Wildman–Crippen MR) is 61.9 cm³/mol. The average Bonchev–Trinajstić information content (AvgIpc) is 2.36. The van der Waals surface area contributed by atoms with Crippen molar-refractivity contribution in [3.05, 3.63) is 27.8 Å². The van der Waals surface area contributed by atoms with Crippen LogP contribution >= 0.6 is 0 Å². The molecule has 20 heavy (non-hydrogen) atoms. The molecule has 1 aromatic carbocycles. The normalized spacial score (nSPS) is 11.2. The lowest BCUT2D eigenvalue weighted by atomic mass is 10.1. The third-order valence-electron chi connectivity index (χ3n) is 2.30. The zero-order chi connectivity index (χ0) is 15.3. The number of hydrogen-bond acceptors (Lipinski definition) is 5. The van der Waals surface area contributed by atoms with Crippen LogP contribution in [-0.4, -0.2) is 31.9 Å². The maximum Gasteiger partial charge on any atom is 0.411 e. The number of halogens is 3. The fraction of sp³-hybridized carbons (Fsp3) is 0.455. The van der Waals surface area contributed by atoms with Crippen LogP contribution in [0.2, 0.25) is 0 Å². The zero-order valence-corrected chi connectivity index (χ0v) is 10.7. The molecule has 0 aliphatic carbocycles. The monoisotopic (exact) mass is 295 g/mol. The van der Waals surface area contributed by atoms with E-state index in [1.54, 1.807) is 0 Å². The largest absolute Gasteiger partial charge is 0.493 e. The van der Waals surface area contributed by atoms with Crippen LogP contribution in [0.1, 0.15) is 5.56 Å². The molecule has 0 aliphatic rings. The first-order chi connectivity index (χ1) is 9.28. The number of nitro benzene ring substituents is 1. The van der Waals surface area contributed by atoms with Gasteiger partial charge < -0.3 is 14.2 Å². The summed E-state index contributed by atoms with van der Waals surface area (Å²) in [6, 6.07) is 2.29. The Labute approximate surface area is 112 Å². The SMILES string of the molecule is COc1cc(COCC(F)(F)F)c([N+](=O)[O-])cc1OC. The number of benzene rings is 1. The Morgan fingerprint density at radius 2 is 1.75 bits per heavy atom. The molecule has 1 rings (SSSR count). The molecular weight excluding hydrogens is 283 g/mol. The highest BCUT2D eigenvalue weighted by atomic mass is 19.4. The van der Waals surface area contributed by atoms with Gasteiger partial charge in [0, 0.05) is 0 Å². The highest BCUT2D eigenvalue weighted by Gasteiger charge is 2.28. The van der Waals surface area contributed by atoms with Gasteiger partial charge in [-0.2, -0.15) is 13.2 Å². The minimum Gasteiger partial charge on any atom is -0.493 e. The molecule has 0 saturated heterocycles. The molecule has 9 heteroatoms. The Kier molecular flexibility index (Phi) is 5.14. The summed E-state index contributed by atoms with van der Waals surface area (Å²) >= 11 is 0. The summed E-state index contributed by atoms with van der Waals surface area (Å²) in [4.78, 5) is 10.2. The van der Waals surface area contributed by atoms with Crippen LogP contribution in [0.25, 0.3) is 0 Å². The van der Waals surface area contributed by atoms with E-state index in [9.17, 15) is 23.3 Å². The van der Waals surface area contributed by atoms with Crippen molar-refractivity contribution >= 4 is 5.69 Å². The van der Waals surface area contributed by atoms with E-state index in [2.05, 4.69) is 4.74 Å². The van der Waals surface area contributed by atoms with E-state index in [-0.39, 0.29) is 17.1 Å². The Morgan fingerprint density at radius 3 is 2.20 bits per heavy atom. The van der Waals surface area contributed by atoms with Gasteiger partial charge in [-0.25, -0.2) is 0 Å². The zero-order valence-electron chi connectivity index (χ0n) is 10.7. The van der Waals surface area contributed by atoms with Crippen LogP contribution in [0.15, 0.2) is 12.1 Å². The van der Waals surface area contributed by atoms with E-state index in [0.717, 1.165) is 6.07 Å². The van der Waals surface area contributed by atoms with Crippen molar-refractivity contribution in [2.45, 2.75) is 12.8 Å². The van der Waals surface area contributed by atoms with E-state index < -0.39 is 30.0 Å². The van der Waals surface area contributed by atoms with Crippen LogP contribution in [0.3, 0.4) is 0 Å². The van der Waals surface area contributed by atoms with Crippen LogP contribution in [0.4, 0.5) is 18.9 Å². The summed E-state index contributed by atoms with van der Waals surface area (Å²) in [5.41, 5.74) is -0.429. The van der Waals surface area contributed by atoms with Gasteiger partial charge in [-0.05, 0) is 6.07 Å². The molecule has 0 bridgehead atoms. The number of rotatable bonds is 6. The molecule has 112 valence electrons. The minimum absolute atomic E-state index is 0.0306. The smallest absolute Gasteiger partial charge is 0.411 e. The van der Waals surface area contributed by atoms with E-state index in [4.69, 9.17) is 9.47 Å². The first-order valence-corrected chi connectivity index (χ1v) is 5.32. The third-order valence-corrected chi connectivity index (χ3v) is 2.30. The van der Waals surface area contributed by atoms with E-state index in [1.807, 2.05) is 0 Å². The number of ether oxygens (including phenoxy) is 3. The standard InChI is InChI=1S/C11H12F3NO5/c1-18-9-3-7(5-20-6-11(12,13)14)8(15(16)17)4-10(9)19-2/h3-4H,5-6H2,1-2H3. The quantitative estimate of drug-likeness (QED) is 0.596. The van der Waals surface area contributed by atoms with Gasteiger partial charge >= 0.3 is 6.18 Å². The molecule has 0 aromatic heterocycles. The topological polar surface area (TPSA) is 70.8 Å². The molecule has 0 amide bonds. The summed E-state index contributed by atoms with van der Waals surface area (Å²) in [6.45, 7) is -2.05. The van der Waals surface area contributed by atoms with Crippen LogP contribution in [0.5, 0.6) is 11.5 Å². The predicted octanol–water partition coefficient (Wildman–Crippen LogP) is 2.69. The van der Waals surface area contributed by atoms with E-state index in [1.165, 1.54) is 20.3 Å². The van der Waals surface area contributed by atoms with Gasteiger partial charge in [-0.3, -0.25) is 10.1 Å². The van der Waals surface area contributed by atoms with Crippen molar-refractivity contribution < 1.29 is 32.3 Å². The lowest BCUT2D eigenvalue weighted by Gasteiger charge is -2.11. The number of nitro groups is 1. The Bertz CT molecular complexity index is 490. The first-order valence-electron chi connectivity index (χ1n) is 5.32. The molecule has 0 aliphatic heterocycles. The van der Waals surface area contributed by atoms with E-state index in [0.29, 0.717) is 0 Å². The van der Waals surface area contributed by atoms with Crippen molar-refractivity contribution in [2.24, 2.45) is 0 Å². The highest BCUT2D eigenvalue weighted by Crippen LogP contribution is 2.35. The van der Waals surface area contributed by atoms with Gasteiger partial charge in [0.05, 0.1) is 37.4 Å². The summed E-state index contributed by atoms with van der Waals surface area (Å²) in [6.07, 6.45) is -4.49. The molecule has 0 saturated carbocycles. The summed E-state index contributed by atoms with van der Waals surface area (Å²) in [5, 5.41) is 10.9. The average molecular weight is 295 g/mol. The van der Waals surface area contributed by atoms with Crippen LogP contribution < -0.4 is 9.47 Å². The number of hydrogen-bond donors (Lipinski definition) is 0. The first kappa shape index (κ1) is 16.0. The van der Waals surface area contributed by atoms with Crippen molar-refractivity contribution in [2.75, 3.05) is 20.8 Å². The molecule has 0 fully saturated rings. The van der Waals surface area contributed by atoms with Gasteiger partial charge in [0.1, 0.15) is 6.61 Å². The van der Waals surface area contributed by atoms with Gasteiger partial charge in [-0.15, -0.1) is 0 Å². The third kappa shape index (κ3) is 4.26. The number of nitrogens with zero attached hydrogens (tertiary/aromatic N) is 1. The molecule has 0 atom stereocenters. The van der Waals surface area contributed by atoms with Crippen LogP contribution in [0, 0.1) is 10.1 Å². The lowest BCUT2D eigenvalue weighted by Crippen LogP contribution is -2.17. The van der Waals surface area contributed by atoms with Gasteiger partial charge in [-0.1, -0.05) is 0 Å². The van der Waals surface area contributed by atoms with E-state index >= 15 is 0 Å². The number of methoxy groups -OCH3 is 2. The second-order valence-electron chi connectivity index (χ2n) is 3.70. The van der Waals surface area contributed by atoms with Gasteiger partial charge in [0.2, 0.25) is 0 Å². The molecular formula is C11H12F3NO5. The Balaban J connectivity index is 3.00. The molecule has 0 heterocycles. The lowest BCUT2D eigenvalue weighted by molar-refractivity contribution is -0.386. The second-order valence-corrected chi connectivity index (χ2v) is 3.70. The Hall–Kier alpha value is -2.03. The minimum atomic E-state index is -4.49. The van der Waals surface area contributed by atoms with Gasteiger partial charge in [0.25, 0.3) is 5.69 Å². The molecule has 0 spiro atoms. The molecule has 0 unspecified atom stereocenters. The van der Waals surface area contributed by atoms with Crippen molar-refractivity contribution in [3.63, 3.8) is 0 Å². The van der Waals surface area contributed by atoms with Crippen molar-refractivity contribution in [3.8, 4) is 11.5 Å². The summed E-state index contributed by atoms with van der Waals surface area (Å²) in [5.74, 6) is 0.280. The molecule has 6 nitrogen and oxygen atoms in total. The second kappa shape index (κ2) is 6.42. The van der Waals surface area contributed by atoms with Gasteiger partial charge in [0.15, 0.2) is 11.5 Å². The Morgan fingerprint density at radius 1 is 1.20 bits per heavy atom. The fourth-order valence-corrected chi connectivity index (χ4v) is 1.47. The molecule has 1 aromatic rings.